The summed E-state index contributed by atoms with van der Waals surface area (Å²) >= 11 is 0. The van der Waals surface area contributed by atoms with Crippen LogP contribution in [0.1, 0.15) is 39.5 Å². The molecule has 7 heteroatoms. The molecule has 0 aromatic carbocycles. The number of hydrogen-bond acceptors (Lipinski definition) is 4. The van der Waals surface area contributed by atoms with Crippen LogP contribution >= 0.6 is 0 Å². The van der Waals surface area contributed by atoms with E-state index in [-0.39, 0.29) is 10.9 Å². The van der Waals surface area contributed by atoms with E-state index in [1.165, 1.54) is 31.9 Å². The molecule has 2 atom stereocenters. The van der Waals surface area contributed by atoms with E-state index >= 15 is 0 Å². The van der Waals surface area contributed by atoms with Gasteiger partial charge in [0, 0.05) is 31.9 Å². The van der Waals surface area contributed by atoms with E-state index in [1.807, 2.05) is 6.92 Å². The Kier molecular flexibility index (Phi) is 5.08. The van der Waals surface area contributed by atoms with Gasteiger partial charge in [0.2, 0.25) is 10.0 Å². The number of rotatable bonds is 7. The number of likely N-dealkylation sites (tertiary alicyclic amines) is 1. The van der Waals surface area contributed by atoms with Gasteiger partial charge in [-0.25, -0.2) is 13.1 Å². The van der Waals surface area contributed by atoms with Crippen molar-refractivity contribution in [2.24, 2.45) is 11.8 Å². The van der Waals surface area contributed by atoms with E-state index in [1.54, 1.807) is 10.9 Å². The molecule has 6 nitrogen and oxygen atoms in total. The minimum atomic E-state index is -3.48. The van der Waals surface area contributed by atoms with Crippen LogP contribution in [0.4, 0.5) is 0 Å². The number of nitrogens with zero attached hydrogens (tertiary/aromatic N) is 3. The zero-order valence-corrected chi connectivity index (χ0v) is 14.9. The topological polar surface area (TPSA) is 67.2 Å². The molecule has 1 saturated heterocycles. The summed E-state index contributed by atoms with van der Waals surface area (Å²) in [5.74, 6) is 1.38. The maximum absolute atomic E-state index is 12.5. The van der Waals surface area contributed by atoms with Crippen molar-refractivity contribution in [3.63, 3.8) is 0 Å². The van der Waals surface area contributed by atoms with Crippen LogP contribution in [-0.2, 0) is 16.6 Å². The van der Waals surface area contributed by atoms with E-state index < -0.39 is 10.0 Å². The fraction of sp³-hybridized carbons (Fsp3) is 0.812. The van der Waals surface area contributed by atoms with E-state index in [4.69, 9.17) is 0 Å². The van der Waals surface area contributed by atoms with Gasteiger partial charge in [-0.15, -0.1) is 0 Å². The Morgan fingerprint density at radius 2 is 2.17 bits per heavy atom. The van der Waals surface area contributed by atoms with E-state index in [0.717, 1.165) is 26.2 Å². The summed E-state index contributed by atoms with van der Waals surface area (Å²) in [6.45, 7) is 7.92. The monoisotopic (exact) mass is 340 g/mol. The van der Waals surface area contributed by atoms with Crippen molar-refractivity contribution in [2.75, 3.05) is 19.6 Å². The van der Waals surface area contributed by atoms with Crippen LogP contribution in [0.2, 0.25) is 0 Å². The molecule has 3 rings (SSSR count). The Morgan fingerprint density at radius 1 is 1.39 bits per heavy atom. The number of piperidine rings is 1. The van der Waals surface area contributed by atoms with Gasteiger partial charge < -0.3 is 4.90 Å². The highest BCUT2D eigenvalue weighted by Gasteiger charge is 2.25. The zero-order valence-electron chi connectivity index (χ0n) is 14.1. The quantitative estimate of drug-likeness (QED) is 0.820. The highest BCUT2D eigenvalue weighted by molar-refractivity contribution is 7.89. The minimum Gasteiger partial charge on any atom is -0.301 e. The van der Waals surface area contributed by atoms with Crippen molar-refractivity contribution in [1.29, 1.82) is 0 Å². The molecular weight excluding hydrogens is 312 g/mol. The Balaban J connectivity index is 1.55. The SMILES string of the molecule is CC1CCCN(CC(C)NS(=O)(=O)c2cnn(CC3CC3)c2)C1. The standard InChI is InChI=1S/C16H28N4O2S/c1-13-4-3-7-19(9-13)10-14(2)18-23(21,22)16-8-17-20(12-16)11-15-5-6-15/h8,12-15,18H,3-7,9-11H2,1-2H3. The molecule has 130 valence electrons. The van der Waals surface area contributed by atoms with Crippen LogP contribution in [0.25, 0.3) is 0 Å². The molecule has 2 aliphatic rings. The third kappa shape index (κ3) is 4.78. The second-order valence-electron chi connectivity index (χ2n) is 7.37. The van der Waals surface area contributed by atoms with Gasteiger partial charge in [0.25, 0.3) is 0 Å². The largest absolute Gasteiger partial charge is 0.301 e. The summed E-state index contributed by atoms with van der Waals surface area (Å²) in [7, 11) is -3.48. The molecule has 2 fully saturated rings. The Bertz CT molecular complexity index is 624. The van der Waals surface area contributed by atoms with E-state index in [9.17, 15) is 8.42 Å². The molecule has 0 amide bonds. The van der Waals surface area contributed by atoms with Gasteiger partial charge >= 0.3 is 0 Å². The van der Waals surface area contributed by atoms with E-state index in [0.29, 0.717) is 11.8 Å². The van der Waals surface area contributed by atoms with Crippen LogP contribution in [0.3, 0.4) is 0 Å². The van der Waals surface area contributed by atoms with Crippen LogP contribution in [0, 0.1) is 11.8 Å². The maximum Gasteiger partial charge on any atom is 0.243 e. The van der Waals surface area contributed by atoms with Crippen molar-refractivity contribution in [1.82, 2.24) is 19.4 Å². The highest BCUT2D eigenvalue weighted by Crippen LogP contribution is 2.30. The van der Waals surface area contributed by atoms with Gasteiger partial charge in [0.1, 0.15) is 4.90 Å². The molecule has 1 aliphatic heterocycles. The average molecular weight is 340 g/mol. The molecule has 0 radical (unpaired) electrons. The van der Waals surface area contributed by atoms with Crippen molar-refractivity contribution < 1.29 is 8.42 Å². The smallest absolute Gasteiger partial charge is 0.243 e. The molecule has 0 spiro atoms. The lowest BCUT2D eigenvalue weighted by molar-refractivity contribution is 0.174. The first-order valence-electron chi connectivity index (χ1n) is 8.69. The van der Waals surface area contributed by atoms with Crippen LogP contribution in [-0.4, -0.2) is 48.8 Å². The third-order valence-corrected chi connectivity index (χ3v) is 6.24. The first-order valence-corrected chi connectivity index (χ1v) is 10.2. The lowest BCUT2D eigenvalue weighted by Gasteiger charge is -2.32. The van der Waals surface area contributed by atoms with Gasteiger partial charge in [0.15, 0.2) is 0 Å². The lowest BCUT2D eigenvalue weighted by Crippen LogP contribution is -2.45. The summed E-state index contributed by atoms with van der Waals surface area (Å²) in [4.78, 5) is 2.63. The van der Waals surface area contributed by atoms with Crippen LogP contribution in [0.15, 0.2) is 17.3 Å². The van der Waals surface area contributed by atoms with Crippen LogP contribution < -0.4 is 4.72 Å². The molecule has 23 heavy (non-hydrogen) atoms. The van der Waals surface area contributed by atoms with Crippen molar-refractivity contribution in [2.45, 2.75) is 57.0 Å². The maximum atomic E-state index is 12.5. The Labute approximate surface area is 139 Å². The molecule has 0 bridgehead atoms. The van der Waals surface area contributed by atoms with Gasteiger partial charge in [-0.2, -0.15) is 5.10 Å². The molecule has 1 N–H and O–H groups in total. The van der Waals surface area contributed by atoms with Crippen molar-refractivity contribution >= 4 is 10.0 Å². The normalized spacial score (nSPS) is 24.7. The second-order valence-corrected chi connectivity index (χ2v) is 9.08. The minimum absolute atomic E-state index is 0.0999. The molecule has 1 aromatic heterocycles. The molecule has 2 unspecified atom stereocenters. The fourth-order valence-corrected chi connectivity index (χ4v) is 4.54. The summed E-state index contributed by atoms with van der Waals surface area (Å²) in [5.41, 5.74) is 0. The van der Waals surface area contributed by atoms with E-state index in [2.05, 4.69) is 21.6 Å². The summed E-state index contributed by atoms with van der Waals surface area (Å²) in [6, 6.07) is -0.0999. The number of nitrogens with one attached hydrogen (secondary N) is 1. The summed E-state index contributed by atoms with van der Waals surface area (Å²) in [6.07, 6.45) is 8.04. The lowest BCUT2D eigenvalue weighted by atomic mass is 10.00. The van der Waals surface area contributed by atoms with Gasteiger partial charge in [-0.05, 0) is 51.0 Å². The molecular formula is C16H28N4O2S. The molecule has 2 heterocycles. The average Bonchev–Trinajstić information content (AvgIpc) is 3.12. The Morgan fingerprint density at radius 3 is 2.87 bits per heavy atom. The van der Waals surface area contributed by atoms with Gasteiger partial charge in [-0.3, -0.25) is 4.68 Å². The number of hydrogen-bond donors (Lipinski definition) is 1. The predicted molar refractivity (Wildman–Crippen MR) is 89.6 cm³/mol. The first kappa shape index (κ1) is 16.9. The van der Waals surface area contributed by atoms with Crippen LogP contribution in [0.5, 0.6) is 0 Å². The first-order chi connectivity index (χ1) is 10.9. The molecule has 1 aliphatic carbocycles. The second kappa shape index (κ2) is 6.91. The van der Waals surface area contributed by atoms with Gasteiger partial charge in [-0.1, -0.05) is 6.92 Å². The Hall–Kier alpha value is -0.920. The van der Waals surface area contributed by atoms with Crippen molar-refractivity contribution in [3.05, 3.63) is 12.4 Å². The summed E-state index contributed by atoms with van der Waals surface area (Å²) in [5, 5.41) is 4.18. The highest BCUT2D eigenvalue weighted by atomic mass is 32.2. The number of aromatic nitrogens is 2. The zero-order chi connectivity index (χ0) is 16.4. The number of sulfonamides is 1. The molecule has 1 saturated carbocycles. The van der Waals surface area contributed by atoms with Crippen molar-refractivity contribution in [3.8, 4) is 0 Å². The summed E-state index contributed by atoms with van der Waals surface area (Å²) < 4.78 is 29.5. The fourth-order valence-electron chi connectivity index (χ4n) is 3.36. The third-order valence-electron chi connectivity index (χ3n) is 4.69. The van der Waals surface area contributed by atoms with Gasteiger partial charge in [0.05, 0.1) is 6.20 Å². The molecule has 1 aromatic rings. The predicted octanol–water partition coefficient (Wildman–Crippen LogP) is 1.69.